The summed E-state index contributed by atoms with van der Waals surface area (Å²) in [5, 5.41) is 3.93. The van der Waals surface area contributed by atoms with E-state index in [1.165, 1.54) is 23.0 Å². The number of amides is 1. The summed E-state index contributed by atoms with van der Waals surface area (Å²) >= 11 is 0. The SMILES string of the molecule is CC(N)c1cccc(F)c1-n1ccc(C(N)=O)n1. The Hall–Kier alpha value is -2.21. The molecule has 94 valence electrons. The summed E-state index contributed by atoms with van der Waals surface area (Å²) < 4.78 is 15.1. The highest BCUT2D eigenvalue weighted by Crippen LogP contribution is 2.22. The van der Waals surface area contributed by atoms with Crippen LogP contribution in [-0.4, -0.2) is 15.7 Å². The number of para-hydroxylation sites is 1. The second-order valence-electron chi connectivity index (χ2n) is 3.98. The van der Waals surface area contributed by atoms with Gasteiger partial charge in [-0.05, 0) is 24.6 Å². The van der Waals surface area contributed by atoms with E-state index in [0.717, 1.165) is 0 Å². The Morgan fingerprint density at radius 3 is 2.72 bits per heavy atom. The smallest absolute Gasteiger partial charge is 0.269 e. The predicted molar refractivity (Wildman–Crippen MR) is 64.6 cm³/mol. The molecule has 18 heavy (non-hydrogen) atoms. The molecule has 4 N–H and O–H groups in total. The van der Waals surface area contributed by atoms with Crippen LogP contribution in [0.4, 0.5) is 4.39 Å². The fourth-order valence-electron chi connectivity index (χ4n) is 1.72. The van der Waals surface area contributed by atoms with Crippen molar-refractivity contribution >= 4 is 5.91 Å². The Labute approximate surface area is 103 Å². The van der Waals surface area contributed by atoms with E-state index in [9.17, 15) is 9.18 Å². The summed E-state index contributed by atoms with van der Waals surface area (Å²) in [6.45, 7) is 1.75. The summed E-state index contributed by atoms with van der Waals surface area (Å²) in [7, 11) is 0. The molecule has 1 aromatic heterocycles. The molecular weight excluding hydrogens is 235 g/mol. The van der Waals surface area contributed by atoms with E-state index in [1.807, 2.05) is 0 Å². The average molecular weight is 248 g/mol. The molecule has 0 fully saturated rings. The first-order valence-corrected chi connectivity index (χ1v) is 5.40. The molecule has 0 aliphatic rings. The van der Waals surface area contributed by atoms with Gasteiger partial charge in [0.1, 0.15) is 17.2 Å². The normalized spacial score (nSPS) is 12.4. The molecule has 2 rings (SSSR count). The van der Waals surface area contributed by atoms with Crippen LogP contribution in [0.3, 0.4) is 0 Å². The van der Waals surface area contributed by atoms with E-state index in [4.69, 9.17) is 11.5 Å². The van der Waals surface area contributed by atoms with E-state index in [2.05, 4.69) is 5.10 Å². The molecule has 0 spiro atoms. The van der Waals surface area contributed by atoms with E-state index in [1.54, 1.807) is 19.1 Å². The van der Waals surface area contributed by atoms with Crippen molar-refractivity contribution in [3.8, 4) is 5.69 Å². The fourth-order valence-corrected chi connectivity index (χ4v) is 1.72. The van der Waals surface area contributed by atoms with Gasteiger partial charge in [-0.25, -0.2) is 9.07 Å². The minimum Gasteiger partial charge on any atom is -0.364 e. The lowest BCUT2D eigenvalue weighted by atomic mass is 10.1. The molecule has 0 saturated carbocycles. The van der Waals surface area contributed by atoms with Crippen molar-refractivity contribution < 1.29 is 9.18 Å². The van der Waals surface area contributed by atoms with Gasteiger partial charge in [0.15, 0.2) is 0 Å². The van der Waals surface area contributed by atoms with E-state index in [0.29, 0.717) is 5.56 Å². The number of nitrogens with two attached hydrogens (primary N) is 2. The molecule has 5 nitrogen and oxygen atoms in total. The number of rotatable bonds is 3. The van der Waals surface area contributed by atoms with Gasteiger partial charge in [-0.15, -0.1) is 0 Å². The summed E-state index contributed by atoms with van der Waals surface area (Å²) in [4.78, 5) is 11.0. The van der Waals surface area contributed by atoms with Crippen LogP contribution in [0.2, 0.25) is 0 Å². The quantitative estimate of drug-likeness (QED) is 0.853. The van der Waals surface area contributed by atoms with Gasteiger partial charge in [-0.1, -0.05) is 12.1 Å². The topological polar surface area (TPSA) is 86.9 Å². The monoisotopic (exact) mass is 248 g/mol. The second-order valence-corrected chi connectivity index (χ2v) is 3.98. The Kier molecular flexibility index (Phi) is 3.12. The molecule has 1 unspecified atom stereocenters. The maximum absolute atomic E-state index is 13.9. The molecule has 1 aromatic carbocycles. The zero-order valence-corrected chi connectivity index (χ0v) is 9.80. The molecule has 0 aliphatic heterocycles. The van der Waals surface area contributed by atoms with Crippen LogP contribution in [0.25, 0.3) is 5.69 Å². The maximum atomic E-state index is 13.9. The lowest BCUT2D eigenvalue weighted by Crippen LogP contribution is -2.14. The highest BCUT2D eigenvalue weighted by molar-refractivity contribution is 5.90. The number of carbonyl (C=O) groups excluding carboxylic acids is 1. The summed E-state index contributed by atoms with van der Waals surface area (Å²) in [5.41, 5.74) is 11.8. The average Bonchev–Trinajstić information content (AvgIpc) is 2.77. The van der Waals surface area contributed by atoms with E-state index < -0.39 is 11.7 Å². The molecule has 2 aromatic rings. The lowest BCUT2D eigenvalue weighted by molar-refractivity contribution is 0.0995. The van der Waals surface area contributed by atoms with Crippen LogP contribution in [0.5, 0.6) is 0 Å². The molecule has 0 radical (unpaired) electrons. The van der Waals surface area contributed by atoms with Crippen molar-refractivity contribution in [3.63, 3.8) is 0 Å². The molecular formula is C12H13FN4O. The minimum atomic E-state index is -0.660. The number of benzene rings is 1. The van der Waals surface area contributed by atoms with Crippen LogP contribution in [0, 0.1) is 5.82 Å². The van der Waals surface area contributed by atoms with Gasteiger partial charge in [0.25, 0.3) is 5.91 Å². The Bertz CT molecular complexity index is 592. The molecule has 1 amide bonds. The largest absolute Gasteiger partial charge is 0.364 e. The number of carbonyl (C=O) groups is 1. The van der Waals surface area contributed by atoms with Crippen molar-refractivity contribution in [3.05, 3.63) is 47.5 Å². The number of primary amides is 1. The van der Waals surface area contributed by atoms with Gasteiger partial charge >= 0.3 is 0 Å². The fraction of sp³-hybridized carbons (Fsp3) is 0.167. The van der Waals surface area contributed by atoms with Crippen LogP contribution < -0.4 is 11.5 Å². The van der Waals surface area contributed by atoms with Crippen molar-refractivity contribution in [1.29, 1.82) is 0 Å². The summed E-state index contributed by atoms with van der Waals surface area (Å²) in [5.74, 6) is -1.11. The van der Waals surface area contributed by atoms with Crippen molar-refractivity contribution in [1.82, 2.24) is 9.78 Å². The van der Waals surface area contributed by atoms with Crippen LogP contribution >= 0.6 is 0 Å². The molecule has 0 aliphatic carbocycles. The van der Waals surface area contributed by atoms with Crippen LogP contribution in [0.15, 0.2) is 30.5 Å². The van der Waals surface area contributed by atoms with Gasteiger partial charge in [-0.3, -0.25) is 4.79 Å². The molecule has 1 heterocycles. The molecule has 0 bridgehead atoms. The summed E-state index contributed by atoms with van der Waals surface area (Å²) in [6.07, 6.45) is 1.48. The number of hydrogen-bond acceptors (Lipinski definition) is 3. The molecule has 1 atom stereocenters. The third kappa shape index (κ3) is 2.10. The van der Waals surface area contributed by atoms with Crippen molar-refractivity contribution in [2.24, 2.45) is 11.5 Å². The van der Waals surface area contributed by atoms with Crippen molar-refractivity contribution in [2.45, 2.75) is 13.0 Å². The zero-order chi connectivity index (χ0) is 13.3. The maximum Gasteiger partial charge on any atom is 0.269 e. The van der Waals surface area contributed by atoms with Gasteiger partial charge in [0, 0.05) is 12.2 Å². The predicted octanol–water partition coefficient (Wildman–Crippen LogP) is 1.13. The second kappa shape index (κ2) is 4.58. The Balaban J connectivity index is 2.58. The van der Waals surface area contributed by atoms with Crippen molar-refractivity contribution in [2.75, 3.05) is 0 Å². The number of hydrogen-bond donors (Lipinski definition) is 2. The minimum absolute atomic E-state index is 0.0777. The number of aromatic nitrogens is 2. The molecule has 6 heteroatoms. The van der Waals surface area contributed by atoms with Crippen LogP contribution in [-0.2, 0) is 0 Å². The number of nitrogens with zero attached hydrogens (tertiary/aromatic N) is 2. The first-order valence-electron chi connectivity index (χ1n) is 5.40. The third-order valence-corrected chi connectivity index (χ3v) is 2.58. The van der Waals surface area contributed by atoms with Gasteiger partial charge < -0.3 is 11.5 Å². The zero-order valence-electron chi connectivity index (χ0n) is 9.80. The highest BCUT2D eigenvalue weighted by atomic mass is 19.1. The van der Waals surface area contributed by atoms with E-state index in [-0.39, 0.29) is 17.4 Å². The lowest BCUT2D eigenvalue weighted by Gasteiger charge is -2.13. The Morgan fingerprint density at radius 1 is 1.44 bits per heavy atom. The molecule has 0 saturated heterocycles. The number of halogens is 1. The third-order valence-electron chi connectivity index (χ3n) is 2.58. The standard InChI is InChI=1S/C12H13FN4O/c1-7(14)8-3-2-4-9(13)11(8)17-6-5-10(16-17)12(15)18/h2-7H,14H2,1H3,(H2,15,18). The van der Waals surface area contributed by atoms with E-state index >= 15 is 0 Å². The Morgan fingerprint density at radius 2 is 2.17 bits per heavy atom. The first-order chi connectivity index (χ1) is 8.50. The van der Waals surface area contributed by atoms with Crippen LogP contribution in [0.1, 0.15) is 29.0 Å². The van der Waals surface area contributed by atoms with Gasteiger partial charge in [0.2, 0.25) is 0 Å². The highest BCUT2D eigenvalue weighted by Gasteiger charge is 2.15. The van der Waals surface area contributed by atoms with Gasteiger partial charge in [0.05, 0.1) is 0 Å². The first kappa shape index (κ1) is 12.3. The summed E-state index contributed by atoms with van der Waals surface area (Å²) in [6, 6.07) is 5.69. The van der Waals surface area contributed by atoms with Gasteiger partial charge in [-0.2, -0.15) is 5.10 Å².